The molecule has 9 heteroatoms. The van der Waals surface area contributed by atoms with Crippen LogP contribution in [0.5, 0.6) is 5.75 Å². The SMILES string of the molecule is CCOCCOc1ccccc1NC(=O)N(C)[C@@H]1CS(=O)(=O)C[C@H]1O. The molecule has 0 saturated carbocycles. The van der Waals surface area contributed by atoms with Crippen molar-refractivity contribution in [3.8, 4) is 5.75 Å². The quantitative estimate of drug-likeness (QED) is 0.684. The lowest BCUT2D eigenvalue weighted by molar-refractivity contribution is 0.110. The van der Waals surface area contributed by atoms with Gasteiger partial charge in [0.1, 0.15) is 12.4 Å². The summed E-state index contributed by atoms with van der Waals surface area (Å²) in [6.07, 6.45) is -1.08. The van der Waals surface area contributed by atoms with Crippen LogP contribution in [0.4, 0.5) is 10.5 Å². The molecular weight excluding hydrogens is 348 g/mol. The summed E-state index contributed by atoms with van der Waals surface area (Å²) in [4.78, 5) is 13.6. The predicted molar refractivity (Wildman–Crippen MR) is 93.7 cm³/mol. The maximum Gasteiger partial charge on any atom is 0.322 e. The van der Waals surface area contributed by atoms with Gasteiger partial charge in [0.2, 0.25) is 0 Å². The van der Waals surface area contributed by atoms with Crippen LogP contribution < -0.4 is 10.1 Å². The van der Waals surface area contributed by atoms with E-state index in [2.05, 4.69) is 5.32 Å². The summed E-state index contributed by atoms with van der Waals surface area (Å²) >= 11 is 0. The predicted octanol–water partition coefficient (Wildman–Crippen LogP) is 0.723. The van der Waals surface area contributed by atoms with Gasteiger partial charge in [-0.15, -0.1) is 0 Å². The van der Waals surface area contributed by atoms with Crippen LogP contribution in [0.1, 0.15) is 6.92 Å². The number of ether oxygens (including phenoxy) is 2. The van der Waals surface area contributed by atoms with Crippen LogP contribution in [0, 0.1) is 0 Å². The number of anilines is 1. The topological polar surface area (TPSA) is 105 Å². The van der Waals surface area contributed by atoms with E-state index in [0.29, 0.717) is 31.3 Å². The smallest absolute Gasteiger partial charge is 0.322 e. The molecule has 0 spiro atoms. The van der Waals surface area contributed by atoms with Crippen molar-refractivity contribution in [2.75, 3.05) is 43.7 Å². The molecule has 2 amide bonds. The fraction of sp³-hybridized carbons (Fsp3) is 0.562. The van der Waals surface area contributed by atoms with Crippen molar-refractivity contribution < 1.29 is 27.8 Å². The summed E-state index contributed by atoms with van der Waals surface area (Å²) in [5.41, 5.74) is 0.464. The molecule has 2 atom stereocenters. The third-order valence-electron chi connectivity index (χ3n) is 3.93. The first-order valence-electron chi connectivity index (χ1n) is 8.06. The number of amides is 2. The minimum atomic E-state index is -3.33. The molecule has 1 heterocycles. The van der Waals surface area contributed by atoms with Gasteiger partial charge >= 0.3 is 6.03 Å². The van der Waals surface area contributed by atoms with Crippen molar-refractivity contribution >= 4 is 21.6 Å². The molecule has 140 valence electrons. The zero-order valence-corrected chi connectivity index (χ0v) is 15.2. The van der Waals surface area contributed by atoms with E-state index in [0.717, 1.165) is 0 Å². The molecule has 2 N–H and O–H groups in total. The summed E-state index contributed by atoms with van der Waals surface area (Å²) in [5.74, 6) is -0.0830. The molecule has 1 saturated heterocycles. The van der Waals surface area contributed by atoms with Crippen molar-refractivity contribution in [1.82, 2.24) is 4.90 Å². The summed E-state index contributed by atoms with van der Waals surface area (Å²) in [5, 5.41) is 12.6. The molecule has 0 aliphatic carbocycles. The monoisotopic (exact) mass is 372 g/mol. The van der Waals surface area contributed by atoms with Gasteiger partial charge in [-0.2, -0.15) is 0 Å². The number of sulfone groups is 1. The number of aliphatic hydroxyl groups is 1. The van der Waals surface area contributed by atoms with E-state index in [1.807, 2.05) is 6.92 Å². The number of benzene rings is 1. The van der Waals surface area contributed by atoms with Crippen molar-refractivity contribution in [2.45, 2.75) is 19.1 Å². The molecule has 0 radical (unpaired) electrons. The van der Waals surface area contributed by atoms with E-state index >= 15 is 0 Å². The first kappa shape index (κ1) is 19.5. The summed E-state index contributed by atoms with van der Waals surface area (Å²) < 4.78 is 34.0. The van der Waals surface area contributed by atoms with Crippen LogP contribution in [-0.4, -0.2) is 75.0 Å². The number of rotatable bonds is 7. The number of aliphatic hydroxyl groups excluding tert-OH is 1. The van der Waals surface area contributed by atoms with E-state index < -0.39 is 28.0 Å². The first-order valence-corrected chi connectivity index (χ1v) is 9.88. The number of urea groups is 1. The Balaban J connectivity index is 2.00. The summed E-state index contributed by atoms with van der Waals surface area (Å²) in [6.45, 7) is 3.27. The molecule has 0 aromatic heterocycles. The number of likely N-dealkylation sites (N-methyl/N-ethyl adjacent to an activating group) is 1. The Morgan fingerprint density at radius 1 is 1.32 bits per heavy atom. The van der Waals surface area contributed by atoms with E-state index in [1.54, 1.807) is 24.3 Å². The van der Waals surface area contributed by atoms with Crippen molar-refractivity contribution in [1.29, 1.82) is 0 Å². The first-order chi connectivity index (χ1) is 11.8. The lowest BCUT2D eigenvalue weighted by Crippen LogP contribution is -2.46. The van der Waals surface area contributed by atoms with Crippen LogP contribution in [0.15, 0.2) is 24.3 Å². The van der Waals surface area contributed by atoms with Gasteiger partial charge < -0.3 is 24.8 Å². The molecule has 1 fully saturated rings. The maximum atomic E-state index is 12.4. The average molecular weight is 372 g/mol. The zero-order chi connectivity index (χ0) is 18.4. The lowest BCUT2D eigenvalue weighted by Gasteiger charge is -2.26. The van der Waals surface area contributed by atoms with Crippen LogP contribution in [0.25, 0.3) is 0 Å². The number of hydrogen-bond donors (Lipinski definition) is 2. The van der Waals surface area contributed by atoms with Crippen LogP contribution in [-0.2, 0) is 14.6 Å². The minimum absolute atomic E-state index is 0.245. The Morgan fingerprint density at radius 2 is 2.04 bits per heavy atom. The maximum absolute atomic E-state index is 12.4. The largest absolute Gasteiger partial charge is 0.489 e. The molecule has 25 heavy (non-hydrogen) atoms. The van der Waals surface area contributed by atoms with Gasteiger partial charge in [0.15, 0.2) is 9.84 Å². The fourth-order valence-electron chi connectivity index (χ4n) is 2.59. The van der Waals surface area contributed by atoms with Crippen molar-refractivity contribution in [3.05, 3.63) is 24.3 Å². The number of nitrogens with one attached hydrogen (secondary N) is 1. The third kappa shape index (κ3) is 5.32. The Bertz CT molecular complexity index is 694. The molecule has 0 bridgehead atoms. The molecule has 1 aliphatic heterocycles. The Morgan fingerprint density at radius 3 is 2.68 bits per heavy atom. The fourth-order valence-corrected chi connectivity index (χ4v) is 4.43. The van der Waals surface area contributed by atoms with Gasteiger partial charge in [0.05, 0.1) is 35.9 Å². The van der Waals surface area contributed by atoms with Crippen LogP contribution in [0.2, 0.25) is 0 Å². The number of nitrogens with zero attached hydrogens (tertiary/aromatic N) is 1. The molecule has 1 aromatic carbocycles. The summed E-state index contributed by atoms with van der Waals surface area (Å²) in [6, 6.07) is 5.65. The molecule has 0 unspecified atom stereocenters. The van der Waals surface area contributed by atoms with Gasteiger partial charge in [0, 0.05) is 13.7 Å². The second-order valence-electron chi connectivity index (χ2n) is 5.79. The minimum Gasteiger partial charge on any atom is -0.489 e. The number of carbonyl (C=O) groups excluding carboxylic acids is 1. The second kappa shape index (κ2) is 8.50. The highest BCUT2D eigenvalue weighted by atomic mass is 32.2. The second-order valence-corrected chi connectivity index (χ2v) is 7.95. The van der Waals surface area contributed by atoms with Crippen molar-refractivity contribution in [3.63, 3.8) is 0 Å². The zero-order valence-electron chi connectivity index (χ0n) is 14.3. The van der Waals surface area contributed by atoms with Gasteiger partial charge in [-0.3, -0.25) is 0 Å². The molecule has 1 aromatic rings. The average Bonchev–Trinajstić information content (AvgIpc) is 2.85. The van der Waals surface area contributed by atoms with E-state index in [9.17, 15) is 18.3 Å². The number of para-hydroxylation sites is 2. The highest BCUT2D eigenvalue weighted by molar-refractivity contribution is 7.91. The third-order valence-corrected chi connectivity index (χ3v) is 5.63. The van der Waals surface area contributed by atoms with Gasteiger partial charge in [-0.25, -0.2) is 13.2 Å². The number of carbonyl (C=O) groups is 1. The van der Waals surface area contributed by atoms with Crippen LogP contribution in [0.3, 0.4) is 0 Å². The molecule has 1 aliphatic rings. The normalized spacial score (nSPS) is 21.7. The van der Waals surface area contributed by atoms with Gasteiger partial charge in [0.25, 0.3) is 0 Å². The summed E-state index contributed by atoms with van der Waals surface area (Å²) in [7, 11) is -1.87. The van der Waals surface area contributed by atoms with Crippen LogP contribution >= 0.6 is 0 Å². The lowest BCUT2D eigenvalue weighted by atomic mass is 10.2. The van der Waals surface area contributed by atoms with E-state index in [-0.39, 0.29) is 11.5 Å². The highest BCUT2D eigenvalue weighted by Crippen LogP contribution is 2.25. The highest BCUT2D eigenvalue weighted by Gasteiger charge is 2.40. The van der Waals surface area contributed by atoms with Gasteiger partial charge in [-0.1, -0.05) is 12.1 Å². The van der Waals surface area contributed by atoms with E-state index in [1.165, 1.54) is 11.9 Å². The standard InChI is InChI=1S/C16H24N2O6S/c1-3-23-8-9-24-15-7-5-4-6-12(15)17-16(20)18(2)13-10-25(21,22)11-14(13)19/h4-7,13-14,19H,3,8-11H2,1-2H3,(H,17,20)/t13-,14-/m1/s1. The Hall–Kier alpha value is -1.84. The van der Waals surface area contributed by atoms with Gasteiger partial charge in [-0.05, 0) is 19.1 Å². The van der Waals surface area contributed by atoms with E-state index in [4.69, 9.17) is 9.47 Å². The number of hydrogen-bond acceptors (Lipinski definition) is 6. The molecule has 8 nitrogen and oxygen atoms in total. The Labute approximate surface area is 147 Å². The molecule has 2 rings (SSSR count). The van der Waals surface area contributed by atoms with Crippen molar-refractivity contribution in [2.24, 2.45) is 0 Å². The molecular formula is C16H24N2O6S. The Kier molecular flexibility index (Phi) is 6.63.